The fourth-order valence-electron chi connectivity index (χ4n) is 2.94. The van der Waals surface area contributed by atoms with E-state index in [1.165, 1.54) is 40.3 Å². The molecule has 2 aromatic carbocycles. The van der Waals surface area contributed by atoms with E-state index in [2.05, 4.69) is 20.8 Å². The lowest BCUT2D eigenvalue weighted by atomic mass is 10.2. The van der Waals surface area contributed by atoms with E-state index < -0.39 is 15.9 Å². The van der Waals surface area contributed by atoms with E-state index in [1.54, 1.807) is 13.8 Å². The highest BCUT2D eigenvalue weighted by Gasteiger charge is 2.22. The van der Waals surface area contributed by atoms with Crippen molar-refractivity contribution < 1.29 is 18.0 Å². The van der Waals surface area contributed by atoms with Crippen molar-refractivity contribution in [2.75, 3.05) is 29.5 Å². The number of rotatable bonds is 10. The highest BCUT2D eigenvalue weighted by molar-refractivity contribution is 8.01. The minimum atomic E-state index is -3.59. The van der Waals surface area contributed by atoms with Crippen LogP contribution in [0.2, 0.25) is 0 Å². The highest BCUT2D eigenvalue weighted by Crippen LogP contribution is 2.26. The number of nitrogens with one attached hydrogen (secondary N) is 2. The zero-order chi connectivity index (χ0) is 24.7. The molecule has 1 aromatic heterocycles. The number of aryl methyl sites for hydroxylation is 1. The molecule has 12 heteroatoms. The number of anilines is 2. The number of carbonyl (C=O) groups is 2. The Balaban J connectivity index is 1.54. The maximum absolute atomic E-state index is 12.6. The molecule has 0 aliphatic rings. The summed E-state index contributed by atoms with van der Waals surface area (Å²) >= 11 is 2.37. The molecule has 2 amide bonds. The predicted octanol–water partition coefficient (Wildman–Crippen LogP) is 3.86. The van der Waals surface area contributed by atoms with Crippen LogP contribution in [0.25, 0.3) is 0 Å². The van der Waals surface area contributed by atoms with E-state index in [9.17, 15) is 18.0 Å². The molecule has 0 saturated carbocycles. The molecule has 0 radical (unpaired) electrons. The van der Waals surface area contributed by atoms with Crippen LogP contribution in [0.4, 0.5) is 10.8 Å². The molecule has 0 saturated heterocycles. The van der Waals surface area contributed by atoms with Gasteiger partial charge in [-0.05, 0) is 43.3 Å². The zero-order valence-electron chi connectivity index (χ0n) is 18.9. The smallest absolute Gasteiger partial charge is 0.257 e. The minimum absolute atomic E-state index is 0.131. The Bertz CT molecular complexity index is 1240. The van der Waals surface area contributed by atoms with Gasteiger partial charge in [0.15, 0.2) is 4.34 Å². The average Bonchev–Trinajstić information content (AvgIpc) is 3.27. The first-order valence-corrected chi connectivity index (χ1v) is 13.7. The van der Waals surface area contributed by atoms with E-state index in [0.717, 1.165) is 22.6 Å². The summed E-state index contributed by atoms with van der Waals surface area (Å²) in [5.41, 5.74) is 2.12. The lowest BCUT2D eigenvalue weighted by Crippen LogP contribution is -2.30. The van der Waals surface area contributed by atoms with Crippen molar-refractivity contribution in [1.82, 2.24) is 14.5 Å². The zero-order valence-corrected chi connectivity index (χ0v) is 21.4. The van der Waals surface area contributed by atoms with Gasteiger partial charge < -0.3 is 5.32 Å². The average molecular weight is 520 g/mol. The van der Waals surface area contributed by atoms with Gasteiger partial charge in [0.25, 0.3) is 5.91 Å². The Hall–Kier alpha value is -2.80. The number of hydrogen-bond donors (Lipinski definition) is 2. The second-order valence-electron chi connectivity index (χ2n) is 7.14. The van der Waals surface area contributed by atoms with Crippen LogP contribution in [0.1, 0.15) is 29.8 Å². The van der Waals surface area contributed by atoms with Crippen LogP contribution in [0, 0.1) is 6.92 Å². The third-order valence-corrected chi connectivity index (χ3v) is 8.78. The molecule has 9 nitrogen and oxygen atoms in total. The quantitative estimate of drug-likeness (QED) is 0.308. The Morgan fingerprint density at radius 2 is 1.62 bits per heavy atom. The summed E-state index contributed by atoms with van der Waals surface area (Å²) in [6, 6.07) is 13.2. The first-order valence-electron chi connectivity index (χ1n) is 10.5. The lowest BCUT2D eigenvalue weighted by Gasteiger charge is -2.18. The Morgan fingerprint density at radius 3 is 2.24 bits per heavy atom. The van der Waals surface area contributed by atoms with Crippen molar-refractivity contribution in [1.29, 1.82) is 0 Å². The fraction of sp³-hybridized carbons (Fsp3) is 0.273. The van der Waals surface area contributed by atoms with Crippen molar-refractivity contribution in [2.45, 2.75) is 30.0 Å². The molecule has 34 heavy (non-hydrogen) atoms. The summed E-state index contributed by atoms with van der Waals surface area (Å²) in [5.74, 6) is -0.454. The fourth-order valence-corrected chi connectivity index (χ4v) is 5.95. The van der Waals surface area contributed by atoms with Gasteiger partial charge in [-0.3, -0.25) is 14.9 Å². The van der Waals surface area contributed by atoms with Crippen LogP contribution >= 0.6 is 23.1 Å². The van der Waals surface area contributed by atoms with Gasteiger partial charge in [-0.25, -0.2) is 8.42 Å². The number of amides is 2. The van der Waals surface area contributed by atoms with Crippen molar-refractivity contribution in [3.05, 3.63) is 59.7 Å². The minimum Gasteiger partial charge on any atom is -0.325 e. The molecule has 0 bridgehead atoms. The van der Waals surface area contributed by atoms with Gasteiger partial charge in [-0.1, -0.05) is 54.6 Å². The number of thioether (sulfide) groups is 1. The standard InChI is InChI=1S/C22H25N5O4S3/c1-4-27(5-2)34(30,31)18-12-8-16(9-13-18)20(29)24-21-25-26-22(33-21)32-14-19(28)23-17-10-6-15(3)7-11-17/h6-13H,4-5,14H2,1-3H3,(H,23,28)(H,24,25,29). The predicted molar refractivity (Wildman–Crippen MR) is 135 cm³/mol. The topological polar surface area (TPSA) is 121 Å². The molecule has 0 atom stereocenters. The summed E-state index contributed by atoms with van der Waals surface area (Å²) in [6.07, 6.45) is 0. The second-order valence-corrected chi connectivity index (χ2v) is 11.3. The van der Waals surface area contributed by atoms with E-state index in [4.69, 9.17) is 0 Å². The number of benzene rings is 2. The van der Waals surface area contributed by atoms with Gasteiger partial charge >= 0.3 is 0 Å². The van der Waals surface area contributed by atoms with Gasteiger partial charge in [0.2, 0.25) is 21.1 Å². The van der Waals surface area contributed by atoms with Crippen molar-refractivity contribution in [3.63, 3.8) is 0 Å². The molecule has 1 heterocycles. The number of carbonyl (C=O) groups excluding carboxylic acids is 2. The molecular weight excluding hydrogens is 494 g/mol. The summed E-state index contributed by atoms with van der Waals surface area (Å²) in [5, 5.41) is 13.7. The number of hydrogen-bond acceptors (Lipinski definition) is 8. The van der Waals surface area contributed by atoms with Gasteiger partial charge in [0.1, 0.15) is 0 Å². The monoisotopic (exact) mass is 519 g/mol. The lowest BCUT2D eigenvalue weighted by molar-refractivity contribution is -0.113. The van der Waals surface area contributed by atoms with Gasteiger partial charge in [-0.2, -0.15) is 4.31 Å². The molecule has 0 aliphatic carbocycles. The maximum Gasteiger partial charge on any atom is 0.257 e. The third-order valence-electron chi connectivity index (χ3n) is 4.75. The highest BCUT2D eigenvalue weighted by atomic mass is 32.2. The van der Waals surface area contributed by atoms with Crippen molar-refractivity contribution >= 4 is 55.8 Å². The molecule has 3 aromatic rings. The molecule has 0 fully saturated rings. The van der Waals surface area contributed by atoms with Crippen LogP contribution in [0.5, 0.6) is 0 Å². The summed E-state index contributed by atoms with van der Waals surface area (Å²) in [6.45, 7) is 6.25. The SMILES string of the molecule is CCN(CC)S(=O)(=O)c1ccc(C(=O)Nc2nnc(SCC(=O)Nc3ccc(C)cc3)s2)cc1. The molecule has 180 valence electrons. The Labute approximate surface area is 207 Å². The molecule has 3 rings (SSSR count). The summed E-state index contributed by atoms with van der Waals surface area (Å²) in [7, 11) is -3.59. The van der Waals surface area contributed by atoms with Gasteiger partial charge in [0, 0.05) is 24.3 Å². The Morgan fingerprint density at radius 1 is 0.971 bits per heavy atom. The molecule has 0 unspecified atom stereocenters. The van der Waals surface area contributed by atoms with Crippen LogP contribution in [-0.2, 0) is 14.8 Å². The summed E-state index contributed by atoms with van der Waals surface area (Å²) in [4.78, 5) is 24.8. The second kappa shape index (κ2) is 11.6. The van der Waals surface area contributed by atoms with Crippen LogP contribution in [0.15, 0.2) is 57.8 Å². The van der Waals surface area contributed by atoms with Crippen LogP contribution in [0.3, 0.4) is 0 Å². The molecule has 0 aliphatic heterocycles. The van der Waals surface area contributed by atoms with E-state index in [1.807, 2.05) is 31.2 Å². The Kier molecular flexibility index (Phi) is 8.78. The van der Waals surface area contributed by atoms with E-state index in [-0.39, 0.29) is 21.7 Å². The van der Waals surface area contributed by atoms with E-state index >= 15 is 0 Å². The maximum atomic E-state index is 12.6. The third kappa shape index (κ3) is 6.63. The molecule has 2 N–H and O–H groups in total. The normalized spacial score (nSPS) is 11.4. The largest absolute Gasteiger partial charge is 0.325 e. The van der Waals surface area contributed by atoms with Crippen LogP contribution in [-0.4, -0.2) is 53.6 Å². The van der Waals surface area contributed by atoms with E-state index in [0.29, 0.717) is 23.0 Å². The first-order chi connectivity index (χ1) is 16.2. The van der Waals surface area contributed by atoms with Crippen LogP contribution < -0.4 is 10.6 Å². The molecule has 0 spiro atoms. The van der Waals surface area contributed by atoms with Gasteiger partial charge in [0.05, 0.1) is 10.6 Å². The molecular formula is C22H25N5O4S3. The first kappa shape index (κ1) is 25.8. The van der Waals surface area contributed by atoms with Gasteiger partial charge in [-0.15, -0.1) is 10.2 Å². The number of nitrogens with zero attached hydrogens (tertiary/aromatic N) is 3. The number of sulfonamides is 1. The van der Waals surface area contributed by atoms with Crippen molar-refractivity contribution in [2.24, 2.45) is 0 Å². The number of aromatic nitrogens is 2. The van der Waals surface area contributed by atoms with Crippen molar-refractivity contribution in [3.8, 4) is 0 Å². The summed E-state index contributed by atoms with van der Waals surface area (Å²) < 4.78 is 27.0.